The van der Waals surface area contributed by atoms with Crippen LogP contribution in [-0.2, 0) is 30.6 Å². The number of rotatable bonds is 9. The highest BCUT2D eigenvalue weighted by molar-refractivity contribution is 5.78. The Morgan fingerprint density at radius 3 is 2.65 bits per heavy atom. The highest BCUT2D eigenvalue weighted by atomic mass is 19.1. The van der Waals surface area contributed by atoms with Crippen LogP contribution in [0.1, 0.15) is 22.8 Å². The summed E-state index contributed by atoms with van der Waals surface area (Å²) in [5.41, 5.74) is 1.94. The molecule has 0 unspecified atom stereocenters. The lowest BCUT2D eigenvalue weighted by Crippen LogP contribution is -2.29. The molecular weight excluding hydrogens is 433 g/mol. The maximum atomic E-state index is 13.0. The van der Waals surface area contributed by atoms with Crippen LogP contribution in [0.15, 0.2) is 54.6 Å². The van der Waals surface area contributed by atoms with Crippen molar-refractivity contribution in [2.24, 2.45) is 0 Å². The van der Waals surface area contributed by atoms with Crippen LogP contribution in [0.3, 0.4) is 0 Å². The van der Waals surface area contributed by atoms with Gasteiger partial charge in [0.2, 0.25) is 5.91 Å². The maximum Gasteiger partial charge on any atom is 0.224 e. The van der Waals surface area contributed by atoms with E-state index in [4.69, 9.17) is 4.74 Å². The van der Waals surface area contributed by atoms with Gasteiger partial charge >= 0.3 is 0 Å². The molecule has 3 aromatic rings. The first-order chi connectivity index (χ1) is 16.6. The van der Waals surface area contributed by atoms with Gasteiger partial charge in [-0.2, -0.15) is 0 Å². The Hall–Kier alpha value is -3.52. The van der Waals surface area contributed by atoms with Crippen LogP contribution in [-0.4, -0.2) is 58.9 Å². The standard InChI is InChI=1S/C26H30FN5O2/c1-34-23-10-6-20(7-11-23)3-2-15-31-16-13-25-30-29-24(32(25)18-17-31)12-14-28-26(33)19-21-4-8-22(27)9-5-21/h2-11H,12-19H2,1H3,(H,28,33). The number of hydrogen-bond acceptors (Lipinski definition) is 5. The third-order valence-electron chi connectivity index (χ3n) is 5.93. The number of fused-ring (bicyclic) bond motifs is 1. The molecule has 4 rings (SSSR count). The summed E-state index contributed by atoms with van der Waals surface area (Å²) in [6.45, 7) is 4.05. The molecule has 2 aromatic carbocycles. The van der Waals surface area contributed by atoms with Crippen molar-refractivity contribution in [3.8, 4) is 5.75 Å². The summed E-state index contributed by atoms with van der Waals surface area (Å²) < 4.78 is 20.4. The van der Waals surface area contributed by atoms with Crippen molar-refractivity contribution in [3.05, 3.63) is 83.2 Å². The van der Waals surface area contributed by atoms with Gasteiger partial charge in [-0.05, 0) is 35.4 Å². The first-order valence-electron chi connectivity index (χ1n) is 11.6. The van der Waals surface area contributed by atoms with Crippen LogP contribution in [0.25, 0.3) is 6.08 Å². The molecule has 0 bridgehead atoms. The Kier molecular flexibility index (Phi) is 8.04. The predicted molar refractivity (Wildman–Crippen MR) is 129 cm³/mol. The van der Waals surface area contributed by atoms with Crippen molar-refractivity contribution in [3.63, 3.8) is 0 Å². The second-order valence-electron chi connectivity index (χ2n) is 8.31. The molecule has 0 radical (unpaired) electrons. The molecule has 1 N–H and O–H groups in total. The van der Waals surface area contributed by atoms with Crippen LogP contribution < -0.4 is 10.1 Å². The number of amides is 1. The minimum Gasteiger partial charge on any atom is -0.497 e. The zero-order valence-electron chi connectivity index (χ0n) is 19.4. The molecular formula is C26H30FN5O2. The molecule has 7 nitrogen and oxygen atoms in total. The lowest BCUT2D eigenvalue weighted by atomic mass is 10.1. The monoisotopic (exact) mass is 463 g/mol. The van der Waals surface area contributed by atoms with E-state index in [1.807, 2.05) is 24.3 Å². The first kappa shape index (κ1) is 23.6. The number of benzene rings is 2. The predicted octanol–water partition coefficient (Wildman–Crippen LogP) is 2.90. The third-order valence-corrected chi connectivity index (χ3v) is 5.93. The summed E-state index contributed by atoms with van der Waals surface area (Å²) in [4.78, 5) is 14.6. The quantitative estimate of drug-likeness (QED) is 0.528. The second-order valence-corrected chi connectivity index (χ2v) is 8.31. The molecule has 0 saturated carbocycles. The number of nitrogens with one attached hydrogen (secondary N) is 1. The van der Waals surface area contributed by atoms with E-state index in [1.54, 1.807) is 19.2 Å². The number of aromatic nitrogens is 3. The average Bonchev–Trinajstić information content (AvgIpc) is 3.12. The Morgan fingerprint density at radius 1 is 1.09 bits per heavy atom. The minimum absolute atomic E-state index is 0.0861. The SMILES string of the molecule is COc1ccc(C=CCN2CCc3nnc(CCNC(=O)Cc4ccc(F)cc4)n3CC2)cc1. The molecule has 1 aromatic heterocycles. The number of halogens is 1. The number of carbonyl (C=O) groups is 1. The number of ether oxygens (including phenoxy) is 1. The smallest absolute Gasteiger partial charge is 0.224 e. The van der Waals surface area contributed by atoms with Gasteiger partial charge in [-0.3, -0.25) is 9.69 Å². The molecule has 2 heterocycles. The third kappa shape index (κ3) is 6.51. The van der Waals surface area contributed by atoms with Crippen LogP contribution in [0.2, 0.25) is 0 Å². The summed E-state index contributed by atoms with van der Waals surface area (Å²) >= 11 is 0. The van der Waals surface area contributed by atoms with Crippen molar-refractivity contribution in [2.45, 2.75) is 25.8 Å². The molecule has 1 amide bonds. The molecule has 0 spiro atoms. The second kappa shape index (κ2) is 11.6. The fourth-order valence-corrected chi connectivity index (χ4v) is 4.01. The number of methoxy groups -OCH3 is 1. The fraction of sp³-hybridized carbons (Fsp3) is 0.346. The van der Waals surface area contributed by atoms with Gasteiger partial charge in [-0.15, -0.1) is 10.2 Å². The maximum absolute atomic E-state index is 13.0. The Bertz CT molecular complexity index is 1110. The summed E-state index contributed by atoms with van der Waals surface area (Å²) in [7, 11) is 1.67. The topological polar surface area (TPSA) is 72.3 Å². The molecule has 0 saturated heterocycles. The van der Waals surface area contributed by atoms with E-state index in [1.165, 1.54) is 12.1 Å². The van der Waals surface area contributed by atoms with Gasteiger partial charge in [0, 0.05) is 45.6 Å². The van der Waals surface area contributed by atoms with Crippen molar-refractivity contribution < 1.29 is 13.9 Å². The number of hydrogen-bond donors (Lipinski definition) is 1. The van der Waals surface area contributed by atoms with Crippen molar-refractivity contribution in [1.82, 2.24) is 25.0 Å². The Labute approximate surface area is 199 Å². The van der Waals surface area contributed by atoms with E-state index < -0.39 is 0 Å². The van der Waals surface area contributed by atoms with Crippen LogP contribution in [0.5, 0.6) is 5.75 Å². The zero-order valence-corrected chi connectivity index (χ0v) is 19.4. The summed E-state index contributed by atoms with van der Waals surface area (Å²) in [6.07, 6.45) is 6.02. The summed E-state index contributed by atoms with van der Waals surface area (Å²) in [5.74, 6) is 2.36. The molecule has 8 heteroatoms. The normalized spacial score (nSPS) is 14.1. The largest absolute Gasteiger partial charge is 0.497 e. The van der Waals surface area contributed by atoms with E-state index in [2.05, 4.69) is 37.1 Å². The van der Waals surface area contributed by atoms with Crippen molar-refractivity contribution in [1.29, 1.82) is 0 Å². The van der Waals surface area contributed by atoms with Gasteiger partial charge in [0.15, 0.2) is 0 Å². The highest BCUT2D eigenvalue weighted by Gasteiger charge is 2.18. The van der Waals surface area contributed by atoms with Gasteiger partial charge in [0.1, 0.15) is 23.2 Å². The summed E-state index contributed by atoms with van der Waals surface area (Å²) in [6, 6.07) is 14.0. The fourth-order valence-electron chi connectivity index (χ4n) is 4.01. The van der Waals surface area contributed by atoms with Crippen molar-refractivity contribution >= 4 is 12.0 Å². The van der Waals surface area contributed by atoms with E-state index >= 15 is 0 Å². The number of nitrogens with zero attached hydrogens (tertiary/aromatic N) is 4. The zero-order chi connectivity index (χ0) is 23.8. The van der Waals surface area contributed by atoms with Gasteiger partial charge in [0.25, 0.3) is 0 Å². The Balaban J connectivity index is 1.23. The molecule has 178 valence electrons. The van der Waals surface area contributed by atoms with Gasteiger partial charge in [-0.1, -0.05) is 36.4 Å². The summed E-state index contributed by atoms with van der Waals surface area (Å²) in [5, 5.41) is 11.7. The molecule has 0 aliphatic carbocycles. The molecule has 1 aliphatic heterocycles. The Morgan fingerprint density at radius 2 is 1.88 bits per heavy atom. The van der Waals surface area contributed by atoms with E-state index in [-0.39, 0.29) is 18.1 Å². The lowest BCUT2D eigenvalue weighted by Gasteiger charge is -2.17. The molecule has 0 fully saturated rings. The van der Waals surface area contributed by atoms with Crippen LogP contribution in [0, 0.1) is 5.82 Å². The van der Waals surface area contributed by atoms with E-state index in [9.17, 15) is 9.18 Å². The van der Waals surface area contributed by atoms with Crippen LogP contribution >= 0.6 is 0 Å². The van der Waals surface area contributed by atoms with Gasteiger partial charge in [0.05, 0.1) is 13.5 Å². The molecule has 1 aliphatic rings. The highest BCUT2D eigenvalue weighted by Crippen LogP contribution is 2.13. The lowest BCUT2D eigenvalue weighted by molar-refractivity contribution is -0.120. The van der Waals surface area contributed by atoms with Gasteiger partial charge in [-0.25, -0.2) is 4.39 Å². The molecule has 0 atom stereocenters. The van der Waals surface area contributed by atoms with E-state index in [0.717, 1.165) is 61.1 Å². The minimum atomic E-state index is -0.302. The van der Waals surface area contributed by atoms with E-state index in [0.29, 0.717) is 13.0 Å². The number of carbonyl (C=O) groups excluding carboxylic acids is 1. The molecule has 34 heavy (non-hydrogen) atoms. The first-order valence-corrected chi connectivity index (χ1v) is 11.6. The average molecular weight is 464 g/mol. The van der Waals surface area contributed by atoms with Gasteiger partial charge < -0.3 is 14.6 Å². The van der Waals surface area contributed by atoms with Crippen LogP contribution in [0.4, 0.5) is 4.39 Å². The van der Waals surface area contributed by atoms with Crippen molar-refractivity contribution in [2.75, 3.05) is 33.3 Å².